The Labute approximate surface area is 114 Å². The Kier molecular flexibility index (Phi) is 1.65. The number of nitrogens with zero attached hydrogens (tertiary/aromatic N) is 5. The van der Waals surface area contributed by atoms with Crippen LogP contribution in [-0.2, 0) is 13.6 Å². The fraction of sp³-hybridized carbons (Fsp3) is 0.133. The molecule has 0 aliphatic carbocycles. The summed E-state index contributed by atoms with van der Waals surface area (Å²) in [6, 6.07) is 8.22. The summed E-state index contributed by atoms with van der Waals surface area (Å²) < 4.78 is 6.62. The van der Waals surface area contributed by atoms with Gasteiger partial charge in [-0.1, -0.05) is 0 Å². The van der Waals surface area contributed by atoms with E-state index in [0.29, 0.717) is 0 Å². The first-order valence-electron chi connectivity index (χ1n) is 6.63. The lowest BCUT2D eigenvalue weighted by atomic mass is 10.2. The summed E-state index contributed by atoms with van der Waals surface area (Å²) in [6.45, 7) is 0.835. The Hall–Kier alpha value is -2.69. The molecule has 5 rings (SSSR count). The van der Waals surface area contributed by atoms with Gasteiger partial charge >= 0.3 is 0 Å². The van der Waals surface area contributed by atoms with Crippen molar-refractivity contribution in [2.45, 2.75) is 6.54 Å². The minimum Gasteiger partial charge on any atom is -0.271 e. The first-order valence-corrected chi connectivity index (χ1v) is 6.63. The van der Waals surface area contributed by atoms with Crippen LogP contribution in [0.4, 0.5) is 0 Å². The predicted molar refractivity (Wildman–Crippen MR) is 74.2 cm³/mol. The lowest BCUT2D eigenvalue weighted by Gasteiger charge is -1.95. The molecule has 4 aromatic heterocycles. The van der Waals surface area contributed by atoms with Crippen molar-refractivity contribution < 1.29 is 4.40 Å². The van der Waals surface area contributed by atoms with Gasteiger partial charge in [0, 0.05) is 18.8 Å². The van der Waals surface area contributed by atoms with Crippen LogP contribution in [0.2, 0.25) is 0 Å². The van der Waals surface area contributed by atoms with Crippen LogP contribution < -0.4 is 4.40 Å². The fourth-order valence-electron chi connectivity index (χ4n) is 3.26. The highest BCUT2D eigenvalue weighted by Gasteiger charge is 2.31. The van der Waals surface area contributed by atoms with Crippen LogP contribution in [0.1, 0.15) is 5.69 Å². The number of rotatable bonds is 0. The molecule has 20 heavy (non-hydrogen) atoms. The predicted octanol–water partition coefficient (Wildman–Crippen LogP) is 1.54. The molecular weight excluding hydrogens is 250 g/mol. The molecule has 0 radical (unpaired) electrons. The minimum absolute atomic E-state index is 0.835. The maximum atomic E-state index is 4.51. The highest BCUT2D eigenvalue weighted by atomic mass is 15.2. The first-order chi connectivity index (χ1) is 9.84. The number of fused-ring (bicyclic) bond motifs is 7. The van der Waals surface area contributed by atoms with Gasteiger partial charge in [-0.25, -0.2) is 0 Å². The third-order valence-corrected chi connectivity index (χ3v) is 4.12. The number of imidazole rings is 2. The van der Waals surface area contributed by atoms with Gasteiger partial charge in [0.25, 0.3) is 5.65 Å². The second-order valence-corrected chi connectivity index (χ2v) is 5.19. The molecule has 0 spiro atoms. The Bertz CT molecular complexity index is 992. The molecule has 0 bridgehead atoms. The SMILES string of the molecule is Cn1c2cccnc2[n+]2cn3c(c12)-c1cccnc1C3. The smallest absolute Gasteiger partial charge is 0.271 e. The van der Waals surface area contributed by atoms with E-state index in [1.807, 2.05) is 24.5 Å². The summed E-state index contributed by atoms with van der Waals surface area (Å²) in [7, 11) is 2.09. The van der Waals surface area contributed by atoms with E-state index in [9.17, 15) is 0 Å². The molecule has 0 aromatic carbocycles. The van der Waals surface area contributed by atoms with Gasteiger partial charge < -0.3 is 0 Å². The average Bonchev–Trinajstić information content (AvgIpc) is 3.08. The highest BCUT2D eigenvalue weighted by Crippen LogP contribution is 2.33. The van der Waals surface area contributed by atoms with E-state index >= 15 is 0 Å². The van der Waals surface area contributed by atoms with Gasteiger partial charge in [-0.2, -0.15) is 4.40 Å². The van der Waals surface area contributed by atoms with Gasteiger partial charge in [0.15, 0.2) is 17.5 Å². The molecule has 1 aliphatic heterocycles. The molecule has 0 saturated heterocycles. The molecular formula is C15H12N5+. The van der Waals surface area contributed by atoms with Crippen LogP contribution in [0, 0.1) is 0 Å². The maximum Gasteiger partial charge on any atom is 0.272 e. The zero-order valence-corrected chi connectivity index (χ0v) is 11.0. The zero-order chi connectivity index (χ0) is 13.3. The van der Waals surface area contributed by atoms with Crippen molar-refractivity contribution in [1.82, 2.24) is 19.1 Å². The maximum absolute atomic E-state index is 4.51. The third-order valence-electron chi connectivity index (χ3n) is 4.12. The van der Waals surface area contributed by atoms with Gasteiger partial charge in [-0.15, -0.1) is 4.98 Å². The third kappa shape index (κ3) is 1.02. The summed E-state index contributed by atoms with van der Waals surface area (Å²) >= 11 is 0. The molecule has 0 atom stereocenters. The summed E-state index contributed by atoms with van der Waals surface area (Å²) in [5.41, 5.74) is 6.91. The quantitative estimate of drug-likeness (QED) is 0.397. The van der Waals surface area contributed by atoms with Crippen molar-refractivity contribution >= 4 is 16.8 Å². The van der Waals surface area contributed by atoms with E-state index in [0.717, 1.165) is 23.4 Å². The van der Waals surface area contributed by atoms with Crippen LogP contribution in [0.25, 0.3) is 28.1 Å². The van der Waals surface area contributed by atoms with E-state index in [1.54, 1.807) is 0 Å². The van der Waals surface area contributed by atoms with E-state index in [1.165, 1.54) is 16.9 Å². The number of hydrogen-bond acceptors (Lipinski definition) is 2. The number of hydrogen-bond donors (Lipinski definition) is 0. The van der Waals surface area contributed by atoms with Crippen LogP contribution in [0.3, 0.4) is 0 Å². The second kappa shape index (κ2) is 3.25. The van der Waals surface area contributed by atoms with E-state index in [4.69, 9.17) is 0 Å². The number of aromatic nitrogens is 5. The lowest BCUT2D eigenvalue weighted by molar-refractivity contribution is -0.484. The highest BCUT2D eigenvalue weighted by molar-refractivity contribution is 5.82. The van der Waals surface area contributed by atoms with Crippen LogP contribution in [-0.4, -0.2) is 19.1 Å². The topological polar surface area (TPSA) is 39.7 Å². The zero-order valence-electron chi connectivity index (χ0n) is 11.0. The van der Waals surface area contributed by atoms with Crippen molar-refractivity contribution in [1.29, 1.82) is 0 Å². The van der Waals surface area contributed by atoms with Crippen LogP contribution >= 0.6 is 0 Å². The molecule has 0 saturated carbocycles. The van der Waals surface area contributed by atoms with Gasteiger partial charge in [0.05, 0.1) is 11.9 Å². The van der Waals surface area contributed by atoms with E-state index < -0.39 is 0 Å². The Morgan fingerprint density at radius 3 is 2.95 bits per heavy atom. The summed E-state index contributed by atoms with van der Waals surface area (Å²) in [5, 5.41) is 0. The Morgan fingerprint density at radius 2 is 2.00 bits per heavy atom. The van der Waals surface area contributed by atoms with E-state index in [2.05, 4.69) is 49.0 Å². The Balaban J connectivity index is 2.01. The second-order valence-electron chi connectivity index (χ2n) is 5.19. The standard InChI is InChI=1S/C15H12N5/c1-18-12-5-3-7-17-14(12)20-9-19-8-11-10(4-2-6-16-11)13(19)15(18)20/h2-7,9H,8H2,1H3/q+1. The summed E-state index contributed by atoms with van der Waals surface area (Å²) in [6.07, 6.45) is 5.83. The van der Waals surface area contributed by atoms with Crippen molar-refractivity contribution in [3.8, 4) is 11.3 Å². The summed E-state index contributed by atoms with van der Waals surface area (Å²) in [5.74, 6) is 0. The van der Waals surface area contributed by atoms with Crippen LogP contribution in [0.15, 0.2) is 43.0 Å². The fourth-order valence-corrected chi connectivity index (χ4v) is 3.26. The monoisotopic (exact) mass is 262 g/mol. The first kappa shape index (κ1) is 10.1. The van der Waals surface area contributed by atoms with Gasteiger partial charge in [0.1, 0.15) is 6.54 Å². The van der Waals surface area contributed by atoms with E-state index in [-0.39, 0.29) is 0 Å². The summed E-state index contributed by atoms with van der Waals surface area (Å²) in [4.78, 5) is 8.99. The van der Waals surface area contributed by atoms with Gasteiger partial charge in [-0.05, 0) is 24.3 Å². The van der Waals surface area contributed by atoms with Crippen molar-refractivity contribution in [3.05, 3.63) is 48.7 Å². The Morgan fingerprint density at radius 1 is 1.15 bits per heavy atom. The molecule has 1 aliphatic rings. The van der Waals surface area contributed by atoms with Crippen LogP contribution in [0.5, 0.6) is 0 Å². The molecule has 4 aromatic rings. The molecule has 0 fully saturated rings. The normalized spacial score (nSPS) is 13.1. The molecule has 0 N–H and O–H groups in total. The molecule has 5 heteroatoms. The largest absolute Gasteiger partial charge is 0.272 e. The minimum atomic E-state index is 0.835. The average molecular weight is 262 g/mol. The lowest BCUT2D eigenvalue weighted by Crippen LogP contribution is -2.18. The molecule has 5 heterocycles. The van der Waals surface area contributed by atoms with Gasteiger partial charge in [0.2, 0.25) is 5.65 Å². The molecule has 5 nitrogen and oxygen atoms in total. The molecule has 0 amide bonds. The number of pyridine rings is 2. The molecule has 0 unspecified atom stereocenters. The van der Waals surface area contributed by atoms with Crippen molar-refractivity contribution in [3.63, 3.8) is 0 Å². The van der Waals surface area contributed by atoms with Crippen molar-refractivity contribution in [2.75, 3.05) is 0 Å². The number of aryl methyl sites for hydroxylation is 1. The van der Waals surface area contributed by atoms with Crippen molar-refractivity contribution in [2.24, 2.45) is 7.05 Å². The van der Waals surface area contributed by atoms with Gasteiger partial charge in [-0.3, -0.25) is 14.1 Å². The molecule has 96 valence electrons.